The standard InChI is InChI=1S/C20H30N2O8/c1-3-17(23)27-8-10-29-19(25)21-13-15-6-5-7-16(12-15)14-22-20(26)30-11-9-28-18(24)4-2/h3-4,15-16H,1-2,5-14H2,(H,21,25)(H,22,26)/t15-,16?/m0/s1. The van der Waals surface area contributed by atoms with Crippen LogP contribution in [0.3, 0.4) is 0 Å². The van der Waals surface area contributed by atoms with Crippen LogP contribution in [0.1, 0.15) is 25.7 Å². The highest BCUT2D eigenvalue weighted by molar-refractivity contribution is 5.81. The van der Waals surface area contributed by atoms with Crippen molar-refractivity contribution in [2.45, 2.75) is 25.7 Å². The van der Waals surface area contributed by atoms with Crippen molar-refractivity contribution >= 4 is 24.1 Å². The number of ether oxygens (including phenoxy) is 4. The number of amides is 2. The molecule has 2 N–H and O–H groups in total. The van der Waals surface area contributed by atoms with Gasteiger partial charge in [-0.2, -0.15) is 0 Å². The molecule has 30 heavy (non-hydrogen) atoms. The summed E-state index contributed by atoms with van der Waals surface area (Å²) in [6, 6.07) is 0. The Morgan fingerprint density at radius 1 is 0.733 bits per heavy atom. The van der Waals surface area contributed by atoms with E-state index in [4.69, 9.17) is 18.9 Å². The molecule has 0 aliphatic heterocycles. The molecule has 0 aromatic carbocycles. The van der Waals surface area contributed by atoms with Crippen LogP contribution in [-0.4, -0.2) is 63.6 Å². The third-order valence-electron chi connectivity index (χ3n) is 4.42. The molecular formula is C20H30N2O8. The van der Waals surface area contributed by atoms with Crippen LogP contribution in [0.2, 0.25) is 0 Å². The lowest BCUT2D eigenvalue weighted by molar-refractivity contribution is -0.139. The number of carbonyl (C=O) groups excluding carboxylic acids is 4. The number of hydrogen-bond donors (Lipinski definition) is 2. The second-order valence-corrected chi connectivity index (χ2v) is 6.68. The van der Waals surface area contributed by atoms with E-state index in [0.29, 0.717) is 13.1 Å². The van der Waals surface area contributed by atoms with Gasteiger partial charge in [-0.15, -0.1) is 0 Å². The van der Waals surface area contributed by atoms with Gasteiger partial charge >= 0.3 is 24.1 Å². The normalized spacial score (nSPS) is 17.7. The molecule has 0 aromatic rings. The largest absolute Gasteiger partial charge is 0.459 e. The quantitative estimate of drug-likeness (QED) is 0.209. The van der Waals surface area contributed by atoms with Crippen LogP contribution < -0.4 is 10.6 Å². The van der Waals surface area contributed by atoms with E-state index < -0.39 is 24.1 Å². The molecule has 2 amide bonds. The molecule has 1 aliphatic carbocycles. The van der Waals surface area contributed by atoms with Gasteiger partial charge in [0.2, 0.25) is 0 Å². The first-order valence-electron chi connectivity index (χ1n) is 9.84. The highest BCUT2D eigenvalue weighted by Gasteiger charge is 2.23. The smallest absolute Gasteiger partial charge is 0.407 e. The van der Waals surface area contributed by atoms with Crippen molar-refractivity contribution in [1.29, 1.82) is 0 Å². The van der Waals surface area contributed by atoms with E-state index in [1.165, 1.54) is 0 Å². The summed E-state index contributed by atoms with van der Waals surface area (Å²) in [5.41, 5.74) is 0. The molecule has 0 spiro atoms. The minimum absolute atomic E-state index is 0.0256. The van der Waals surface area contributed by atoms with Gasteiger partial charge in [0.15, 0.2) is 0 Å². The summed E-state index contributed by atoms with van der Waals surface area (Å²) < 4.78 is 19.3. The lowest BCUT2D eigenvalue weighted by Gasteiger charge is -2.29. The van der Waals surface area contributed by atoms with E-state index in [9.17, 15) is 19.2 Å². The molecule has 1 saturated carbocycles. The third-order valence-corrected chi connectivity index (χ3v) is 4.42. The van der Waals surface area contributed by atoms with E-state index in [-0.39, 0.29) is 38.3 Å². The Kier molecular flexibility index (Phi) is 12.4. The Morgan fingerprint density at radius 3 is 1.53 bits per heavy atom. The van der Waals surface area contributed by atoms with Crippen LogP contribution in [0, 0.1) is 11.8 Å². The lowest BCUT2D eigenvalue weighted by Crippen LogP contribution is -2.36. The fourth-order valence-corrected chi connectivity index (χ4v) is 3.00. The van der Waals surface area contributed by atoms with Crippen LogP contribution in [0.5, 0.6) is 0 Å². The van der Waals surface area contributed by atoms with Gasteiger partial charge < -0.3 is 29.6 Å². The summed E-state index contributed by atoms with van der Waals surface area (Å²) >= 11 is 0. The molecule has 1 fully saturated rings. The van der Waals surface area contributed by atoms with E-state index in [0.717, 1.165) is 37.8 Å². The van der Waals surface area contributed by atoms with Crippen LogP contribution in [0.25, 0.3) is 0 Å². The molecule has 10 heteroatoms. The summed E-state index contributed by atoms with van der Waals surface area (Å²) in [4.78, 5) is 45.1. The molecule has 10 nitrogen and oxygen atoms in total. The van der Waals surface area contributed by atoms with Crippen LogP contribution >= 0.6 is 0 Å². The average molecular weight is 426 g/mol. The number of hydrogen-bond acceptors (Lipinski definition) is 8. The Bertz CT molecular complexity index is 558. The first kappa shape index (κ1) is 25.0. The number of carbonyl (C=O) groups is 4. The monoisotopic (exact) mass is 426 g/mol. The predicted molar refractivity (Wildman–Crippen MR) is 106 cm³/mol. The predicted octanol–water partition coefficient (Wildman–Crippen LogP) is 1.70. The third kappa shape index (κ3) is 11.7. The number of nitrogens with one attached hydrogen (secondary N) is 2. The molecule has 2 atom stereocenters. The minimum Gasteiger partial charge on any atom is -0.459 e. The zero-order valence-electron chi connectivity index (χ0n) is 17.1. The Balaban J connectivity index is 2.13. The van der Waals surface area contributed by atoms with Gasteiger partial charge in [-0.1, -0.05) is 19.6 Å². The van der Waals surface area contributed by atoms with E-state index in [1.54, 1.807) is 0 Å². The van der Waals surface area contributed by atoms with E-state index >= 15 is 0 Å². The number of rotatable bonds is 12. The molecule has 0 bridgehead atoms. The van der Waals surface area contributed by atoms with Crippen LogP contribution in [0.4, 0.5) is 9.59 Å². The second-order valence-electron chi connectivity index (χ2n) is 6.68. The summed E-state index contributed by atoms with van der Waals surface area (Å²) in [6.45, 7) is 7.37. The number of alkyl carbamates (subject to hydrolysis) is 2. The van der Waals surface area contributed by atoms with Crippen molar-refractivity contribution in [1.82, 2.24) is 10.6 Å². The van der Waals surface area contributed by atoms with Crippen molar-refractivity contribution in [3.63, 3.8) is 0 Å². The topological polar surface area (TPSA) is 129 Å². The molecule has 0 heterocycles. The highest BCUT2D eigenvalue weighted by atomic mass is 16.6. The van der Waals surface area contributed by atoms with Crippen molar-refractivity contribution in [3.05, 3.63) is 25.3 Å². The van der Waals surface area contributed by atoms with Crippen molar-refractivity contribution in [3.8, 4) is 0 Å². The molecule has 1 unspecified atom stereocenters. The lowest BCUT2D eigenvalue weighted by atomic mass is 9.81. The first-order valence-corrected chi connectivity index (χ1v) is 9.84. The molecule has 1 aliphatic rings. The van der Waals surface area contributed by atoms with E-state index in [1.807, 2.05) is 0 Å². The average Bonchev–Trinajstić information content (AvgIpc) is 2.76. The first-order chi connectivity index (χ1) is 14.4. The van der Waals surface area contributed by atoms with Crippen LogP contribution in [0.15, 0.2) is 25.3 Å². The van der Waals surface area contributed by atoms with Gasteiger partial charge in [0.25, 0.3) is 0 Å². The summed E-state index contributed by atoms with van der Waals surface area (Å²) in [5.74, 6) is -0.571. The van der Waals surface area contributed by atoms with Gasteiger partial charge in [0.05, 0.1) is 0 Å². The summed E-state index contributed by atoms with van der Waals surface area (Å²) in [5, 5.41) is 5.41. The van der Waals surface area contributed by atoms with Gasteiger partial charge in [-0.05, 0) is 31.1 Å². The van der Waals surface area contributed by atoms with Crippen molar-refractivity contribution < 1.29 is 38.1 Å². The second kappa shape index (κ2) is 14.9. The Labute approximate surface area is 175 Å². The van der Waals surface area contributed by atoms with Crippen molar-refractivity contribution in [2.24, 2.45) is 11.8 Å². The van der Waals surface area contributed by atoms with Crippen LogP contribution in [-0.2, 0) is 28.5 Å². The molecule has 1 rings (SSSR count). The molecular weight excluding hydrogens is 396 g/mol. The maximum Gasteiger partial charge on any atom is 0.407 e. The fourth-order valence-electron chi connectivity index (χ4n) is 3.00. The van der Waals surface area contributed by atoms with Gasteiger partial charge in [-0.25, -0.2) is 19.2 Å². The zero-order chi connectivity index (χ0) is 22.2. The molecule has 0 radical (unpaired) electrons. The highest BCUT2D eigenvalue weighted by Crippen LogP contribution is 2.28. The van der Waals surface area contributed by atoms with Gasteiger partial charge in [0.1, 0.15) is 26.4 Å². The molecule has 168 valence electrons. The Morgan fingerprint density at radius 2 is 1.13 bits per heavy atom. The van der Waals surface area contributed by atoms with Gasteiger partial charge in [-0.3, -0.25) is 0 Å². The fraction of sp³-hybridized carbons (Fsp3) is 0.600. The zero-order valence-corrected chi connectivity index (χ0v) is 17.1. The van der Waals surface area contributed by atoms with Crippen molar-refractivity contribution in [2.75, 3.05) is 39.5 Å². The number of esters is 2. The maximum atomic E-state index is 11.7. The molecule has 0 saturated heterocycles. The summed E-state index contributed by atoms with van der Waals surface area (Å²) in [7, 11) is 0. The molecule has 0 aromatic heterocycles. The Hall–Kier alpha value is -3.04. The summed E-state index contributed by atoms with van der Waals surface area (Å²) in [6.07, 6.45) is 4.76. The SMILES string of the molecule is C=CC(=O)OCCOC(=O)NCC1CCC[C@H](CNC(=O)OCCOC(=O)C=C)C1. The van der Waals surface area contributed by atoms with E-state index in [2.05, 4.69) is 23.8 Å². The minimum atomic E-state index is -0.569. The maximum absolute atomic E-state index is 11.7. The van der Waals surface area contributed by atoms with Gasteiger partial charge in [0, 0.05) is 25.2 Å².